The number of amides is 1. The average molecular weight is 239 g/mol. The van der Waals surface area contributed by atoms with Gasteiger partial charge in [-0.3, -0.25) is 4.79 Å². The third-order valence-electron chi connectivity index (χ3n) is 4.78. The van der Waals surface area contributed by atoms with E-state index in [4.69, 9.17) is 4.74 Å². The van der Waals surface area contributed by atoms with Gasteiger partial charge in [-0.1, -0.05) is 6.42 Å². The van der Waals surface area contributed by atoms with Crippen LogP contribution in [-0.4, -0.2) is 48.3 Å². The second-order valence-electron chi connectivity index (χ2n) is 5.72. The number of morpholine rings is 1. The van der Waals surface area contributed by atoms with Gasteiger partial charge < -0.3 is 14.7 Å². The smallest absolute Gasteiger partial charge is 0.226 e. The summed E-state index contributed by atoms with van der Waals surface area (Å²) >= 11 is 0. The Bertz CT molecular complexity index is 307. The van der Waals surface area contributed by atoms with Crippen LogP contribution in [0.4, 0.5) is 0 Å². The summed E-state index contributed by atoms with van der Waals surface area (Å²) in [6, 6.07) is -0.115. The second kappa shape index (κ2) is 4.58. The van der Waals surface area contributed by atoms with Gasteiger partial charge in [0.25, 0.3) is 0 Å². The average Bonchev–Trinajstić information content (AvgIpc) is 3.00. The van der Waals surface area contributed by atoms with Gasteiger partial charge in [-0.2, -0.15) is 0 Å². The lowest BCUT2D eigenvalue weighted by Gasteiger charge is -2.37. The van der Waals surface area contributed by atoms with Gasteiger partial charge in [-0.15, -0.1) is 0 Å². The van der Waals surface area contributed by atoms with Crippen LogP contribution in [0.5, 0.6) is 0 Å². The van der Waals surface area contributed by atoms with Crippen LogP contribution in [0, 0.1) is 17.8 Å². The fourth-order valence-electron chi connectivity index (χ4n) is 3.86. The minimum Gasteiger partial charge on any atom is -0.394 e. The Hall–Kier alpha value is -0.610. The number of hydrogen-bond donors (Lipinski definition) is 1. The van der Waals surface area contributed by atoms with Crippen LogP contribution in [0.15, 0.2) is 0 Å². The Morgan fingerprint density at radius 1 is 1.35 bits per heavy atom. The van der Waals surface area contributed by atoms with Crippen molar-refractivity contribution in [2.75, 3.05) is 26.4 Å². The lowest BCUT2D eigenvalue weighted by Crippen LogP contribution is -2.52. The first-order valence-electron chi connectivity index (χ1n) is 6.78. The molecule has 1 aliphatic heterocycles. The number of hydrogen-bond acceptors (Lipinski definition) is 3. The van der Waals surface area contributed by atoms with Crippen molar-refractivity contribution in [2.24, 2.45) is 17.8 Å². The van der Waals surface area contributed by atoms with Crippen molar-refractivity contribution in [1.29, 1.82) is 0 Å². The van der Waals surface area contributed by atoms with Gasteiger partial charge in [0.2, 0.25) is 5.91 Å². The largest absolute Gasteiger partial charge is 0.394 e. The van der Waals surface area contributed by atoms with Crippen molar-refractivity contribution in [1.82, 2.24) is 4.90 Å². The lowest BCUT2D eigenvalue weighted by molar-refractivity contribution is -0.147. The van der Waals surface area contributed by atoms with E-state index in [-0.39, 0.29) is 24.5 Å². The number of rotatable bonds is 2. The first-order valence-corrected chi connectivity index (χ1v) is 6.78. The molecule has 3 aliphatic rings. The van der Waals surface area contributed by atoms with E-state index >= 15 is 0 Å². The van der Waals surface area contributed by atoms with E-state index in [1.807, 2.05) is 4.90 Å². The van der Waals surface area contributed by atoms with Crippen molar-refractivity contribution in [3.8, 4) is 0 Å². The van der Waals surface area contributed by atoms with E-state index in [0.717, 1.165) is 12.3 Å². The number of aliphatic hydroxyl groups excluding tert-OH is 1. The molecule has 1 N–H and O–H groups in total. The normalized spacial score (nSPS) is 40.9. The number of carbonyl (C=O) groups excluding carboxylic acids is 1. The molecule has 0 aromatic carbocycles. The Kier molecular flexibility index (Phi) is 3.09. The van der Waals surface area contributed by atoms with Crippen LogP contribution in [-0.2, 0) is 9.53 Å². The standard InChI is InChI=1S/C13H21NO3/c15-7-11-8-17-4-3-14(11)13(16)12-6-9-1-2-10(12)5-9/h9-12,15H,1-8H2. The van der Waals surface area contributed by atoms with E-state index in [9.17, 15) is 9.90 Å². The molecular formula is C13H21NO3. The summed E-state index contributed by atoms with van der Waals surface area (Å²) < 4.78 is 5.32. The summed E-state index contributed by atoms with van der Waals surface area (Å²) in [5.74, 6) is 1.93. The highest BCUT2D eigenvalue weighted by Gasteiger charge is 2.45. The molecule has 4 nitrogen and oxygen atoms in total. The summed E-state index contributed by atoms with van der Waals surface area (Å²) in [7, 11) is 0. The molecule has 0 spiro atoms. The number of fused-ring (bicyclic) bond motifs is 2. The molecule has 0 aromatic heterocycles. The summed E-state index contributed by atoms with van der Waals surface area (Å²) in [5, 5.41) is 9.31. The number of aliphatic hydroxyl groups is 1. The van der Waals surface area contributed by atoms with E-state index < -0.39 is 0 Å². The van der Waals surface area contributed by atoms with Crippen molar-refractivity contribution in [3.63, 3.8) is 0 Å². The molecule has 0 radical (unpaired) electrons. The molecule has 2 aliphatic carbocycles. The molecule has 2 bridgehead atoms. The first-order chi connectivity index (χ1) is 8.29. The van der Waals surface area contributed by atoms with Crippen LogP contribution >= 0.6 is 0 Å². The molecule has 4 unspecified atom stereocenters. The maximum absolute atomic E-state index is 12.5. The Morgan fingerprint density at radius 2 is 2.24 bits per heavy atom. The van der Waals surface area contributed by atoms with Crippen LogP contribution in [0.25, 0.3) is 0 Å². The Morgan fingerprint density at radius 3 is 2.88 bits per heavy atom. The van der Waals surface area contributed by atoms with Gasteiger partial charge in [0.05, 0.1) is 25.9 Å². The zero-order chi connectivity index (χ0) is 11.8. The van der Waals surface area contributed by atoms with Crippen LogP contribution < -0.4 is 0 Å². The zero-order valence-electron chi connectivity index (χ0n) is 10.2. The summed E-state index contributed by atoms with van der Waals surface area (Å²) in [5.41, 5.74) is 0. The maximum Gasteiger partial charge on any atom is 0.226 e. The third kappa shape index (κ3) is 1.97. The topological polar surface area (TPSA) is 49.8 Å². The van der Waals surface area contributed by atoms with Gasteiger partial charge in [0.1, 0.15) is 0 Å². The van der Waals surface area contributed by atoms with Crippen LogP contribution in [0.2, 0.25) is 0 Å². The molecule has 96 valence electrons. The predicted octanol–water partition coefficient (Wildman–Crippen LogP) is 0.642. The molecule has 2 saturated carbocycles. The summed E-state index contributed by atoms with van der Waals surface area (Å²) in [4.78, 5) is 14.4. The van der Waals surface area contributed by atoms with E-state index in [2.05, 4.69) is 0 Å². The van der Waals surface area contributed by atoms with Crippen molar-refractivity contribution < 1.29 is 14.6 Å². The van der Waals surface area contributed by atoms with Crippen LogP contribution in [0.1, 0.15) is 25.7 Å². The quantitative estimate of drug-likeness (QED) is 0.769. The van der Waals surface area contributed by atoms with Gasteiger partial charge in [-0.25, -0.2) is 0 Å². The fourth-order valence-corrected chi connectivity index (χ4v) is 3.86. The summed E-state index contributed by atoms with van der Waals surface area (Å²) in [6.45, 7) is 1.77. The highest BCUT2D eigenvalue weighted by Crippen LogP contribution is 2.49. The van der Waals surface area contributed by atoms with E-state index in [1.54, 1.807) is 0 Å². The lowest BCUT2D eigenvalue weighted by atomic mass is 9.87. The monoisotopic (exact) mass is 239 g/mol. The van der Waals surface area contributed by atoms with Crippen molar-refractivity contribution >= 4 is 5.91 Å². The SMILES string of the molecule is O=C(C1CC2CCC1C2)N1CCOCC1CO. The maximum atomic E-state index is 12.5. The molecule has 0 aromatic rings. The highest BCUT2D eigenvalue weighted by molar-refractivity contribution is 5.80. The minimum absolute atomic E-state index is 0.0204. The molecule has 1 amide bonds. The fraction of sp³-hybridized carbons (Fsp3) is 0.923. The Balaban J connectivity index is 1.68. The van der Waals surface area contributed by atoms with E-state index in [1.165, 1.54) is 19.3 Å². The van der Waals surface area contributed by atoms with Gasteiger partial charge in [0.15, 0.2) is 0 Å². The van der Waals surface area contributed by atoms with Crippen molar-refractivity contribution in [3.05, 3.63) is 0 Å². The molecule has 4 heteroatoms. The van der Waals surface area contributed by atoms with Crippen LogP contribution in [0.3, 0.4) is 0 Å². The van der Waals surface area contributed by atoms with E-state index in [0.29, 0.717) is 25.7 Å². The number of carbonyl (C=O) groups is 1. The molecule has 4 atom stereocenters. The molecule has 1 heterocycles. The molecule has 1 saturated heterocycles. The molecule has 3 rings (SSSR count). The predicted molar refractivity (Wildman–Crippen MR) is 62.3 cm³/mol. The zero-order valence-corrected chi connectivity index (χ0v) is 10.2. The summed E-state index contributed by atoms with van der Waals surface area (Å²) in [6.07, 6.45) is 4.89. The highest BCUT2D eigenvalue weighted by atomic mass is 16.5. The minimum atomic E-state index is -0.115. The van der Waals surface area contributed by atoms with Gasteiger partial charge >= 0.3 is 0 Å². The van der Waals surface area contributed by atoms with Gasteiger partial charge in [0, 0.05) is 12.5 Å². The first kappa shape index (κ1) is 11.5. The molecular weight excluding hydrogens is 218 g/mol. The van der Waals surface area contributed by atoms with Gasteiger partial charge in [-0.05, 0) is 31.1 Å². The molecule has 17 heavy (non-hydrogen) atoms. The van der Waals surface area contributed by atoms with Crippen molar-refractivity contribution in [2.45, 2.75) is 31.7 Å². The third-order valence-corrected chi connectivity index (χ3v) is 4.78. The number of ether oxygens (including phenoxy) is 1. The Labute approximate surface area is 102 Å². The molecule has 3 fully saturated rings. The number of nitrogens with zero attached hydrogens (tertiary/aromatic N) is 1. The second-order valence-corrected chi connectivity index (χ2v) is 5.72.